The van der Waals surface area contributed by atoms with Crippen LogP contribution in [0.2, 0.25) is 0 Å². The van der Waals surface area contributed by atoms with Crippen molar-refractivity contribution in [3.63, 3.8) is 0 Å². The molecule has 0 aromatic carbocycles. The smallest absolute Gasteiger partial charge is 0.162 e. The van der Waals surface area contributed by atoms with Gasteiger partial charge in [0.05, 0.1) is 0 Å². The van der Waals surface area contributed by atoms with E-state index in [0.717, 1.165) is 12.0 Å². The molecule has 1 aliphatic rings. The molecule has 0 aromatic heterocycles. The molecule has 1 aliphatic carbocycles. The zero-order valence-electron chi connectivity index (χ0n) is 7.58. The Labute approximate surface area is 73.1 Å². The predicted molar refractivity (Wildman–Crippen MR) is 49.7 cm³/mol. The molecule has 66 valence electrons. The van der Waals surface area contributed by atoms with Crippen LogP contribution in [0.15, 0.2) is 23.8 Å². The maximum Gasteiger partial charge on any atom is 0.162 e. The van der Waals surface area contributed by atoms with Gasteiger partial charge in [0.2, 0.25) is 0 Å². The van der Waals surface area contributed by atoms with Crippen molar-refractivity contribution in [2.75, 3.05) is 0 Å². The highest BCUT2D eigenvalue weighted by molar-refractivity contribution is 5.93. The summed E-state index contributed by atoms with van der Waals surface area (Å²) in [7, 11) is 0. The van der Waals surface area contributed by atoms with E-state index in [1.165, 1.54) is 0 Å². The van der Waals surface area contributed by atoms with Gasteiger partial charge < -0.3 is 5.73 Å². The highest BCUT2D eigenvalue weighted by Crippen LogP contribution is 2.18. The van der Waals surface area contributed by atoms with E-state index in [2.05, 4.69) is 0 Å². The Morgan fingerprint density at radius 3 is 2.58 bits per heavy atom. The molecule has 2 N–H and O–H groups in total. The molecule has 0 spiro atoms. The third-order valence-electron chi connectivity index (χ3n) is 1.91. The number of nitrogens with two attached hydrogens (primary N) is 1. The van der Waals surface area contributed by atoms with Crippen LogP contribution in [0.5, 0.6) is 0 Å². The average molecular weight is 165 g/mol. The second-order valence-electron chi connectivity index (χ2n) is 3.52. The fraction of sp³-hybridized carbons (Fsp3) is 0.500. The standard InChI is InChI=1S/C10H15NO/c1-7(2)5-10(12)8-3-4-9(11)6-8/h3-5,8-9H,6,11H2,1-2H3. The van der Waals surface area contributed by atoms with Gasteiger partial charge in [-0.25, -0.2) is 0 Å². The van der Waals surface area contributed by atoms with Gasteiger partial charge in [0.15, 0.2) is 5.78 Å². The summed E-state index contributed by atoms with van der Waals surface area (Å²) in [5.74, 6) is 0.203. The van der Waals surface area contributed by atoms with Gasteiger partial charge in [-0.15, -0.1) is 0 Å². The van der Waals surface area contributed by atoms with Gasteiger partial charge in [0.1, 0.15) is 0 Å². The first-order chi connectivity index (χ1) is 5.59. The lowest BCUT2D eigenvalue weighted by molar-refractivity contribution is -0.117. The van der Waals surface area contributed by atoms with E-state index in [4.69, 9.17) is 5.73 Å². The summed E-state index contributed by atoms with van der Waals surface area (Å²) in [5, 5.41) is 0. The summed E-state index contributed by atoms with van der Waals surface area (Å²) >= 11 is 0. The van der Waals surface area contributed by atoms with Crippen LogP contribution in [-0.2, 0) is 4.79 Å². The van der Waals surface area contributed by atoms with Gasteiger partial charge in [0, 0.05) is 12.0 Å². The third-order valence-corrected chi connectivity index (χ3v) is 1.91. The minimum atomic E-state index is 0.0231. The van der Waals surface area contributed by atoms with E-state index in [1.54, 1.807) is 6.08 Å². The van der Waals surface area contributed by atoms with Crippen molar-refractivity contribution in [2.24, 2.45) is 11.7 Å². The number of hydrogen-bond acceptors (Lipinski definition) is 2. The van der Waals surface area contributed by atoms with Crippen molar-refractivity contribution in [1.82, 2.24) is 0 Å². The Kier molecular flexibility index (Phi) is 2.82. The number of hydrogen-bond donors (Lipinski definition) is 1. The molecular formula is C10H15NO. The third kappa shape index (κ3) is 2.31. The van der Waals surface area contributed by atoms with Gasteiger partial charge in [-0.3, -0.25) is 4.79 Å². The Morgan fingerprint density at radius 2 is 2.17 bits per heavy atom. The molecule has 2 unspecified atom stereocenters. The molecule has 0 aliphatic heterocycles. The van der Waals surface area contributed by atoms with Crippen LogP contribution in [0.25, 0.3) is 0 Å². The van der Waals surface area contributed by atoms with E-state index < -0.39 is 0 Å². The Balaban J connectivity index is 2.56. The maximum atomic E-state index is 11.4. The van der Waals surface area contributed by atoms with Crippen LogP contribution in [0.4, 0.5) is 0 Å². The topological polar surface area (TPSA) is 43.1 Å². The Morgan fingerprint density at radius 1 is 1.50 bits per heavy atom. The minimum Gasteiger partial charge on any atom is -0.324 e. The molecule has 2 nitrogen and oxygen atoms in total. The molecule has 0 aromatic rings. The Hall–Kier alpha value is -0.890. The second-order valence-corrected chi connectivity index (χ2v) is 3.52. The highest BCUT2D eigenvalue weighted by Gasteiger charge is 2.20. The van der Waals surface area contributed by atoms with Crippen molar-refractivity contribution in [3.05, 3.63) is 23.8 Å². The molecule has 0 radical (unpaired) electrons. The van der Waals surface area contributed by atoms with Gasteiger partial charge in [-0.1, -0.05) is 17.7 Å². The summed E-state index contributed by atoms with van der Waals surface area (Å²) in [6.07, 6.45) is 6.27. The molecule has 2 atom stereocenters. The molecule has 2 heteroatoms. The first-order valence-corrected chi connectivity index (χ1v) is 4.22. The molecule has 0 fully saturated rings. The van der Waals surface area contributed by atoms with Gasteiger partial charge in [-0.2, -0.15) is 0 Å². The molecule has 0 heterocycles. The van der Waals surface area contributed by atoms with Gasteiger partial charge in [-0.05, 0) is 26.3 Å². The number of allylic oxidation sites excluding steroid dienone is 3. The minimum absolute atomic E-state index is 0.0231. The highest BCUT2D eigenvalue weighted by atomic mass is 16.1. The van der Waals surface area contributed by atoms with Crippen molar-refractivity contribution in [2.45, 2.75) is 26.3 Å². The lowest BCUT2D eigenvalue weighted by Crippen LogP contribution is -2.18. The normalized spacial score (nSPS) is 27.2. The summed E-state index contributed by atoms with van der Waals surface area (Å²) < 4.78 is 0. The monoisotopic (exact) mass is 165 g/mol. The van der Waals surface area contributed by atoms with Gasteiger partial charge >= 0.3 is 0 Å². The fourth-order valence-corrected chi connectivity index (χ4v) is 1.33. The molecular weight excluding hydrogens is 150 g/mol. The fourth-order valence-electron chi connectivity index (χ4n) is 1.33. The number of ketones is 1. The SMILES string of the molecule is CC(C)=CC(=O)C1C=CC(N)C1. The van der Waals surface area contributed by atoms with Crippen LogP contribution in [0.3, 0.4) is 0 Å². The van der Waals surface area contributed by atoms with Crippen molar-refractivity contribution < 1.29 is 4.79 Å². The molecule has 0 saturated heterocycles. The number of carbonyl (C=O) groups excluding carboxylic acids is 1. The quantitative estimate of drug-likeness (QED) is 0.497. The summed E-state index contributed by atoms with van der Waals surface area (Å²) in [4.78, 5) is 11.4. The zero-order chi connectivity index (χ0) is 9.14. The largest absolute Gasteiger partial charge is 0.324 e. The van der Waals surface area contributed by atoms with Crippen LogP contribution in [0.1, 0.15) is 20.3 Å². The molecule has 0 saturated carbocycles. The van der Waals surface area contributed by atoms with Crippen LogP contribution < -0.4 is 5.73 Å². The predicted octanol–water partition coefficient (Wildman–Crippen LogP) is 1.43. The summed E-state index contributed by atoms with van der Waals surface area (Å²) in [6, 6.07) is 0.0736. The van der Waals surface area contributed by atoms with E-state index in [0.29, 0.717) is 0 Å². The zero-order valence-corrected chi connectivity index (χ0v) is 7.58. The van der Waals surface area contributed by atoms with Crippen molar-refractivity contribution in [3.8, 4) is 0 Å². The van der Waals surface area contributed by atoms with Crippen LogP contribution in [0, 0.1) is 5.92 Å². The molecule has 1 rings (SSSR count). The second kappa shape index (κ2) is 3.68. The molecule has 12 heavy (non-hydrogen) atoms. The first kappa shape index (κ1) is 9.20. The lowest BCUT2D eigenvalue weighted by atomic mass is 10.0. The van der Waals surface area contributed by atoms with E-state index in [9.17, 15) is 4.79 Å². The van der Waals surface area contributed by atoms with Crippen LogP contribution in [-0.4, -0.2) is 11.8 Å². The van der Waals surface area contributed by atoms with E-state index in [1.807, 2.05) is 26.0 Å². The van der Waals surface area contributed by atoms with Gasteiger partial charge in [0.25, 0.3) is 0 Å². The number of carbonyl (C=O) groups is 1. The van der Waals surface area contributed by atoms with Crippen molar-refractivity contribution >= 4 is 5.78 Å². The lowest BCUT2D eigenvalue weighted by Gasteiger charge is -2.04. The molecule has 0 amide bonds. The maximum absolute atomic E-state index is 11.4. The Bertz CT molecular complexity index is 236. The first-order valence-electron chi connectivity index (χ1n) is 4.22. The average Bonchev–Trinajstić information content (AvgIpc) is 2.34. The summed E-state index contributed by atoms with van der Waals surface area (Å²) in [6.45, 7) is 3.85. The van der Waals surface area contributed by atoms with E-state index >= 15 is 0 Å². The summed E-state index contributed by atoms with van der Waals surface area (Å²) in [5.41, 5.74) is 6.68. The molecule has 0 bridgehead atoms. The van der Waals surface area contributed by atoms with E-state index in [-0.39, 0.29) is 17.7 Å². The van der Waals surface area contributed by atoms with Crippen molar-refractivity contribution in [1.29, 1.82) is 0 Å². The number of rotatable bonds is 2. The van der Waals surface area contributed by atoms with Crippen LogP contribution >= 0.6 is 0 Å².